The van der Waals surface area contributed by atoms with Crippen molar-refractivity contribution in [1.29, 1.82) is 0 Å². The number of piperidine rings is 1. The van der Waals surface area contributed by atoms with E-state index >= 15 is 0 Å². The van der Waals surface area contributed by atoms with Crippen LogP contribution in [0.15, 0.2) is 36.4 Å². The number of alkyl halides is 6. The maximum atomic E-state index is 13.6. The molecular weight excluding hydrogens is 681 g/mol. The minimum absolute atomic E-state index is 0.0624. The largest absolute Gasteiger partial charge is 0.416 e. The van der Waals surface area contributed by atoms with Gasteiger partial charge in [-0.15, -0.1) is 0 Å². The Labute approximate surface area is 286 Å². The number of benzene rings is 2. The van der Waals surface area contributed by atoms with Crippen LogP contribution in [0.25, 0.3) is 0 Å². The van der Waals surface area contributed by atoms with E-state index in [2.05, 4.69) is 9.80 Å². The van der Waals surface area contributed by atoms with Crippen LogP contribution < -0.4 is 5.73 Å². The maximum absolute atomic E-state index is 13.6. The van der Waals surface area contributed by atoms with Crippen LogP contribution in [0.4, 0.5) is 26.3 Å². The third-order valence-electron chi connectivity index (χ3n) is 10.5. The molecule has 2 aliphatic heterocycles. The molecule has 0 aromatic heterocycles. The Morgan fingerprint density at radius 2 is 1.40 bits per heavy atom. The Morgan fingerprint density at radius 1 is 0.771 bits per heavy atom. The van der Waals surface area contributed by atoms with Crippen molar-refractivity contribution in [3.05, 3.63) is 68.7 Å². The van der Waals surface area contributed by atoms with E-state index in [9.17, 15) is 35.9 Å². The monoisotopic (exact) mass is 720 g/mol. The molecule has 6 nitrogen and oxygen atoms in total. The fraction of sp³-hybridized carbons (Fsp3) is 0.588. The Kier molecular flexibility index (Phi) is 11.0. The maximum Gasteiger partial charge on any atom is 0.416 e. The first-order valence-electron chi connectivity index (χ1n) is 16.3. The molecule has 2 aromatic rings. The number of carbonyl (C=O) groups excluding carboxylic acids is 2. The van der Waals surface area contributed by atoms with Gasteiger partial charge in [0.2, 0.25) is 11.8 Å². The smallest absolute Gasteiger partial charge is 0.368 e. The molecule has 0 bridgehead atoms. The number of nitrogens with two attached hydrogens (primary N) is 1. The molecule has 1 aliphatic carbocycles. The van der Waals surface area contributed by atoms with Gasteiger partial charge in [-0.1, -0.05) is 48.5 Å². The van der Waals surface area contributed by atoms with Crippen molar-refractivity contribution in [2.45, 2.75) is 81.1 Å². The lowest BCUT2D eigenvalue weighted by Gasteiger charge is -2.49. The number of carbonyl (C=O) groups is 2. The lowest BCUT2D eigenvalue weighted by molar-refractivity contribution is -0.143. The highest BCUT2D eigenvalue weighted by Crippen LogP contribution is 2.41. The van der Waals surface area contributed by atoms with Crippen molar-refractivity contribution in [3.63, 3.8) is 0 Å². The predicted octanol–water partition coefficient (Wildman–Crippen LogP) is 7.33. The Balaban J connectivity index is 1.33. The van der Waals surface area contributed by atoms with Crippen LogP contribution in [-0.4, -0.2) is 77.9 Å². The van der Waals surface area contributed by atoms with Gasteiger partial charge in [0, 0.05) is 44.7 Å². The fourth-order valence-corrected chi connectivity index (χ4v) is 8.09. The van der Waals surface area contributed by atoms with Crippen molar-refractivity contribution in [3.8, 4) is 0 Å². The summed E-state index contributed by atoms with van der Waals surface area (Å²) >= 11 is 12.7. The molecule has 1 unspecified atom stereocenters. The summed E-state index contributed by atoms with van der Waals surface area (Å²) in [6, 6.07) is 6.61. The van der Waals surface area contributed by atoms with E-state index in [0.717, 1.165) is 50.8 Å². The zero-order valence-electron chi connectivity index (χ0n) is 26.5. The van der Waals surface area contributed by atoms with Crippen LogP contribution in [0.3, 0.4) is 0 Å². The highest BCUT2D eigenvalue weighted by molar-refractivity contribution is 6.42. The number of halogens is 8. The lowest BCUT2D eigenvalue weighted by atomic mass is 9.71. The van der Waals surface area contributed by atoms with Gasteiger partial charge in [0.1, 0.15) is 5.54 Å². The lowest BCUT2D eigenvalue weighted by Crippen LogP contribution is -2.63. The summed E-state index contributed by atoms with van der Waals surface area (Å²) in [5.41, 5.74) is 2.35. The molecule has 14 heteroatoms. The molecule has 2 heterocycles. The fourth-order valence-electron chi connectivity index (χ4n) is 7.79. The number of hydrogen-bond acceptors (Lipinski definition) is 4. The second kappa shape index (κ2) is 14.4. The minimum atomic E-state index is -5.00. The highest BCUT2D eigenvalue weighted by atomic mass is 35.5. The second-order valence-electron chi connectivity index (χ2n) is 13.5. The Bertz CT molecular complexity index is 1460. The van der Waals surface area contributed by atoms with E-state index in [-0.39, 0.29) is 24.1 Å². The molecule has 5 rings (SSSR count). The molecule has 2 amide bonds. The SMILES string of the molecule is NC(=O)C1(N2CCN(CCC3(c4ccc(Cl)c(Cl)c4)CCCN(C(=O)Cc4cc(C(F)(F)F)cc(C(F)(F)F)c4)C3)CC2)CCCCC1. The van der Waals surface area contributed by atoms with E-state index in [0.29, 0.717) is 67.6 Å². The van der Waals surface area contributed by atoms with E-state index in [1.54, 1.807) is 12.1 Å². The minimum Gasteiger partial charge on any atom is -0.368 e. The number of piperazine rings is 1. The molecular formula is C34H40Cl2F6N4O2. The summed E-state index contributed by atoms with van der Waals surface area (Å²) < 4.78 is 80.9. The molecule has 2 saturated heterocycles. The number of hydrogen-bond donors (Lipinski definition) is 1. The quantitative estimate of drug-likeness (QED) is 0.290. The van der Waals surface area contributed by atoms with E-state index in [1.807, 2.05) is 6.07 Å². The molecule has 0 radical (unpaired) electrons. The molecule has 1 atom stereocenters. The Hall–Kier alpha value is -2.54. The Morgan fingerprint density at radius 3 is 1.96 bits per heavy atom. The molecule has 2 N–H and O–H groups in total. The average Bonchev–Trinajstić information content (AvgIpc) is 3.04. The number of nitrogens with zero attached hydrogens (tertiary/aromatic N) is 3. The van der Waals surface area contributed by atoms with Crippen LogP contribution >= 0.6 is 23.2 Å². The molecule has 3 aliphatic rings. The number of primary amides is 1. The van der Waals surface area contributed by atoms with Crippen molar-refractivity contribution < 1.29 is 35.9 Å². The van der Waals surface area contributed by atoms with Gasteiger partial charge in [0.25, 0.3) is 0 Å². The molecule has 264 valence electrons. The van der Waals surface area contributed by atoms with E-state index < -0.39 is 46.8 Å². The molecule has 0 spiro atoms. The normalized spacial score (nSPS) is 22.9. The molecule has 2 aromatic carbocycles. The van der Waals surface area contributed by atoms with Gasteiger partial charge in [-0.3, -0.25) is 14.5 Å². The summed E-state index contributed by atoms with van der Waals surface area (Å²) in [7, 11) is 0. The summed E-state index contributed by atoms with van der Waals surface area (Å²) in [6.45, 7) is 4.07. The summed E-state index contributed by atoms with van der Waals surface area (Å²) in [5, 5.41) is 0.713. The van der Waals surface area contributed by atoms with Crippen molar-refractivity contribution in [2.75, 3.05) is 45.8 Å². The summed E-state index contributed by atoms with van der Waals surface area (Å²) in [4.78, 5) is 32.2. The standard InChI is InChI=1S/C34H40Cl2F6N4O2/c35-27-6-5-24(21-28(27)36)31(10-12-44-13-15-46(16-14-44)32(30(43)48)8-2-1-3-9-32)7-4-11-45(22-31)29(47)19-23-17-25(33(37,38)39)20-26(18-23)34(40,41)42/h5-6,17-18,20-21H,1-4,7-16,19,22H2,(H2,43,48). The van der Waals surface area contributed by atoms with Gasteiger partial charge in [0.15, 0.2) is 0 Å². The summed E-state index contributed by atoms with van der Waals surface area (Å²) in [5.74, 6) is -0.814. The van der Waals surface area contributed by atoms with Gasteiger partial charge in [-0.05, 0) is 80.1 Å². The van der Waals surface area contributed by atoms with Crippen molar-refractivity contribution in [1.82, 2.24) is 14.7 Å². The van der Waals surface area contributed by atoms with Crippen LogP contribution in [0.2, 0.25) is 10.0 Å². The van der Waals surface area contributed by atoms with Crippen LogP contribution in [0, 0.1) is 0 Å². The topological polar surface area (TPSA) is 69.9 Å². The first-order chi connectivity index (χ1) is 22.5. The van der Waals surface area contributed by atoms with Gasteiger partial charge >= 0.3 is 12.4 Å². The molecule has 1 saturated carbocycles. The van der Waals surface area contributed by atoms with Crippen molar-refractivity contribution in [2.24, 2.45) is 5.73 Å². The van der Waals surface area contributed by atoms with Crippen LogP contribution in [-0.2, 0) is 33.8 Å². The average molecular weight is 722 g/mol. The van der Waals surface area contributed by atoms with Gasteiger partial charge in [0.05, 0.1) is 27.6 Å². The van der Waals surface area contributed by atoms with Gasteiger partial charge in [-0.2, -0.15) is 26.3 Å². The second-order valence-corrected chi connectivity index (χ2v) is 14.3. The first-order valence-corrected chi connectivity index (χ1v) is 17.1. The zero-order valence-corrected chi connectivity index (χ0v) is 28.0. The van der Waals surface area contributed by atoms with Crippen molar-refractivity contribution >= 4 is 35.0 Å². The predicted molar refractivity (Wildman–Crippen MR) is 172 cm³/mol. The van der Waals surface area contributed by atoms with Crippen LogP contribution in [0.1, 0.15) is 73.6 Å². The third kappa shape index (κ3) is 8.08. The van der Waals surface area contributed by atoms with E-state index in [1.165, 1.54) is 4.90 Å². The highest BCUT2D eigenvalue weighted by Gasteiger charge is 2.45. The van der Waals surface area contributed by atoms with Crippen LogP contribution in [0.5, 0.6) is 0 Å². The number of amides is 2. The number of likely N-dealkylation sites (tertiary alicyclic amines) is 1. The number of rotatable bonds is 8. The molecule has 48 heavy (non-hydrogen) atoms. The third-order valence-corrected chi connectivity index (χ3v) is 11.2. The van der Waals surface area contributed by atoms with Gasteiger partial charge in [-0.25, -0.2) is 0 Å². The molecule has 3 fully saturated rings. The zero-order chi connectivity index (χ0) is 34.9. The van der Waals surface area contributed by atoms with E-state index in [4.69, 9.17) is 28.9 Å². The summed E-state index contributed by atoms with van der Waals surface area (Å²) in [6.07, 6.45) is -4.13. The first kappa shape index (κ1) is 36.7. The van der Waals surface area contributed by atoms with Gasteiger partial charge < -0.3 is 15.5 Å².